The highest BCUT2D eigenvalue weighted by Crippen LogP contribution is 2.29. The Kier molecular flexibility index (Phi) is 4.82. The number of hydrogen-bond acceptors (Lipinski definition) is 2. The normalized spacial score (nSPS) is 17.8. The first kappa shape index (κ1) is 15.8. The van der Waals surface area contributed by atoms with Crippen LogP contribution in [0.1, 0.15) is 24.8 Å². The number of amides is 1. The second kappa shape index (κ2) is 6.43. The van der Waals surface area contributed by atoms with Gasteiger partial charge >= 0.3 is 6.18 Å². The first-order valence-corrected chi connectivity index (χ1v) is 6.74. The van der Waals surface area contributed by atoms with Crippen LogP contribution in [0.2, 0.25) is 0 Å². The molecule has 1 aromatic carbocycles. The van der Waals surface area contributed by atoms with E-state index in [0.717, 1.165) is 5.01 Å². The summed E-state index contributed by atoms with van der Waals surface area (Å²) in [4.78, 5) is 11.1. The van der Waals surface area contributed by atoms with E-state index in [1.165, 1.54) is 12.1 Å². The number of nitrogens with one attached hydrogen (secondary N) is 1. The van der Waals surface area contributed by atoms with E-state index in [1.807, 2.05) is 0 Å². The van der Waals surface area contributed by atoms with Gasteiger partial charge in [-0.05, 0) is 30.9 Å². The number of rotatable bonds is 5. The summed E-state index contributed by atoms with van der Waals surface area (Å²) in [6.07, 6.45) is -4.11. The second-order valence-corrected chi connectivity index (χ2v) is 5.02. The topological polar surface area (TPSA) is 32.3 Å². The molecule has 3 nitrogen and oxygen atoms in total. The molecule has 1 N–H and O–H groups in total. The van der Waals surface area contributed by atoms with Crippen LogP contribution < -0.4 is 5.43 Å². The van der Waals surface area contributed by atoms with Crippen molar-refractivity contribution in [2.45, 2.75) is 37.9 Å². The summed E-state index contributed by atoms with van der Waals surface area (Å²) < 4.78 is 52.5. The highest BCUT2D eigenvalue weighted by atomic mass is 19.4. The van der Waals surface area contributed by atoms with Crippen LogP contribution in [0.15, 0.2) is 24.3 Å². The Bertz CT molecular complexity index is 504. The molecule has 0 aromatic heterocycles. The van der Waals surface area contributed by atoms with E-state index in [-0.39, 0.29) is 32.2 Å². The van der Waals surface area contributed by atoms with E-state index in [2.05, 4.69) is 5.43 Å². The zero-order chi connectivity index (χ0) is 15.5. The van der Waals surface area contributed by atoms with E-state index in [1.54, 1.807) is 12.1 Å². The molecule has 116 valence electrons. The molecule has 1 unspecified atom stereocenters. The van der Waals surface area contributed by atoms with Crippen molar-refractivity contribution in [3.8, 4) is 0 Å². The molecular weight excluding hydrogens is 288 g/mol. The Morgan fingerprint density at radius 3 is 2.57 bits per heavy atom. The first-order chi connectivity index (χ1) is 9.88. The zero-order valence-corrected chi connectivity index (χ0v) is 11.3. The molecule has 21 heavy (non-hydrogen) atoms. The van der Waals surface area contributed by atoms with Gasteiger partial charge in [-0.3, -0.25) is 10.2 Å². The Hall–Kier alpha value is -1.63. The van der Waals surface area contributed by atoms with Crippen LogP contribution in [0.3, 0.4) is 0 Å². The molecule has 1 aromatic rings. The molecule has 0 spiro atoms. The molecule has 1 aliphatic rings. The molecule has 1 atom stereocenters. The molecular formula is C14H16F4N2O. The van der Waals surface area contributed by atoms with Crippen LogP contribution in [0.4, 0.5) is 17.6 Å². The summed E-state index contributed by atoms with van der Waals surface area (Å²) in [7, 11) is 0. The van der Waals surface area contributed by atoms with Crippen LogP contribution in [-0.2, 0) is 11.2 Å². The number of hydrazine groups is 1. The summed E-state index contributed by atoms with van der Waals surface area (Å²) in [6.45, 7) is 0.0444. The average molecular weight is 304 g/mol. The van der Waals surface area contributed by atoms with E-state index in [0.29, 0.717) is 5.56 Å². The lowest BCUT2D eigenvalue weighted by Gasteiger charge is -2.28. The Balaban J connectivity index is 1.94. The van der Waals surface area contributed by atoms with Crippen LogP contribution in [0.5, 0.6) is 0 Å². The number of hydrogen-bond donors (Lipinski definition) is 1. The quantitative estimate of drug-likeness (QED) is 0.848. The van der Waals surface area contributed by atoms with Crippen molar-refractivity contribution in [2.75, 3.05) is 6.54 Å². The minimum Gasteiger partial charge on any atom is -0.288 e. The van der Waals surface area contributed by atoms with Crippen molar-refractivity contribution in [3.05, 3.63) is 35.6 Å². The summed E-state index contributed by atoms with van der Waals surface area (Å²) >= 11 is 0. The monoisotopic (exact) mass is 304 g/mol. The second-order valence-electron chi connectivity index (χ2n) is 5.02. The smallest absolute Gasteiger partial charge is 0.288 e. The summed E-state index contributed by atoms with van der Waals surface area (Å²) in [5.41, 5.74) is 2.63. The van der Waals surface area contributed by atoms with E-state index in [9.17, 15) is 22.4 Å². The fourth-order valence-corrected chi connectivity index (χ4v) is 2.41. The maximum absolute atomic E-state index is 13.4. The highest BCUT2D eigenvalue weighted by Gasteiger charge is 2.45. The van der Waals surface area contributed by atoms with Crippen LogP contribution >= 0.6 is 0 Å². The zero-order valence-electron chi connectivity index (χ0n) is 11.3. The van der Waals surface area contributed by atoms with Gasteiger partial charge in [0.15, 0.2) is 0 Å². The van der Waals surface area contributed by atoms with Crippen LogP contribution in [0, 0.1) is 5.82 Å². The first-order valence-electron chi connectivity index (χ1n) is 6.74. The minimum atomic E-state index is -4.42. The van der Waals surface area contributed by atoms with E-state index < -0.39 is 23.9 Å². The van der Waals surface area contributed by atoms with Crippen molar-refractivity contribution in [1.29, 1.82) is 0 Å². The lowest BCUT2D eigenvalue weighted by atomic mass is 10.0. The van der Waals surface area contributed by atoms with Crippen LogP contribution in [-0.4, -0.2) is 29.7 Å². The number of nitrogens with zero attached hydrogens (tertiary/aromatic N) is 1. The van der Waals surface area contributed by atoms with Gasteiger partial charge in [0.05, 0.1) is 0 Å². The number of halogens is 4. The summed E-state index contributed by atoms with van der Waals surface area (Å²) in [5, 5.41) is 0.934. The number of alkyl halides is 3. The third-order valence-corrected chi connectivity index (χ3v) is 3.48. The lowest BCUT2D eigenvalue weighted by molar-refractivity contribution is -0.190. The fraction of sp³-hybridized carbons (Fsp3) is 0.500. The van der Waals surface area contributed by atoms with E-state index in [4.69, 9.17) is 0 Å². The molecule has 1 amide bonds. The fourth-order valence-electron chi connectivity index (χ4n) is 2.41. The third kappa shape index (κ3) is 4.17. The SMILES string of the molecule is O=C1CCN(C(CCCc2ccccc2F)C(F)(F)F)N1. The average Bonchev–Trinajstić information content (AvgIpc) is 2.81. The molecule has 0 aliphatic carbocycles. The van der Waals surface area contributed by atoms with Gasteiger partial charge in [-0.15, -0.1) is 0 Å². The van der Waals surface area contributed by atoms with Crippen molar-refractivity contribution in [1.82, 2.24) is 10.4 Å². The van der Waals surface area contributed by atoms with Gasteiger partial charge < -0.3 is 0 Å². The Morgan fingerprint density at radius 1 is 1.29 bits per heavy atom. The minimum absolute atomic E-state index is 0.0444. The van der Waals surface area contributed by atoms with E-state index >= 15 is 0 Å². The molecule has 1 fully saturated rings. The molecule has 7 heteroatoms. The van der Waals surface area contributed by atoms with Gasteiger partial charge in [0.25, 0.3) is 0 Å². The predicted octanol–water partition coefficient (Wildman–Crippen LogP) is 2.82. The Labute approximate surface area is 119 Å². The van der Waals surface area contributed by atoms with Gasteiger partial charge in [-0.1, -0.05) is 18.2 Å². The Morgan fingerprint density at radius 2 is 2.00 bits per heavy atom. The van der Waals surface area contributed by atoms with Gasteiger partial charge in [-0.2, -0.15) is 13.2 Å². The third-order valence-electron chi connectivity index (χ3n) is 3.48. The molecule has 0 radical (unpaired) electrons. The molecule has 1 saturated heterocycles. The standard InChI is InChI=1S/C14H16F4N2O/c15-11-6-2-1-4-10(11)5-3-7-12(14(16,17)18)20-9-8-13(21)19-20/h1-2,4,6,12H,3,5,7-9H2,(H,19,21). The number of benzene rings is 1. The van der Waals surface area contributed by atoms with Gasteiger partial charge in [0, 0.05) is 13.0 Å². The van der Waals surface area contributed by atoms with Gasteiger partial charge in [0.1, 0.15) is 11.9 Å². The largest absolute Gasteiger partial charge is 0.405 e. The molecule has 0 bridgehead atoms. The number of carbonyl (C=O) groups is 1. The maximum atomic E-state index is 13.4. The number of aryl methyl sites for hydroxylation is 1. The summed E-state index contributed by atoms with van der Waals surface area (Å²) in [5.74, 6) is -0.811. The molecule has 0 saturated carbocycles. The van der Waals surface area contributed by atoms with Crippen molar-refractivity contribution < 1.29 is 22.4 Å². The van der Waals surface area contributed by atoms with Crippen molar-refractivity contribution in [3.63, 3.8) is 0 Å². The molecule has 2 rings (SSSR count). The van der Waals surface area contributed by atoms with Gasteiger partial charge in [-0.25, -0.2) is 9.40 Å². The highest BCUT2D eigenvalue weighted by molar-refractivity contribution is 5.77. The lowest BCUT2D eigenvalue weighted by Crippen LogP contribution is -2.49. The molecule has 1 heterocycles. The number of carbonyl (C=O) groups excluding carboxylic acids is 1. The molecule has 1 aliphatic heterocycles. The van der Waals surface area contributed by atoms with Gasteiger partial charge in [0.2, 0.25) is 5.91 Å². The predicted molar refractivity (Wildman–Crippen MR) is 68.6 cm³/mol. The van der Waals surface area contributed by atoms with Crippen molar-refractivity contribution in [2.24, 2.45) is 0 Å². The summed E-state index contributed by atoms with van der Waals surface area (Å²) in [6, 6.07) is 4.32. The van der Waals surface area contributed by atoms with Crippen LogP contribution in [0.25, 0.3) is 0 Å². The van der Waals surface area contributed by atoms with Crippen molar-refractivity contribution >= 4 is 5.91 Å². The maximum Gasteiger partial charge on any atom is 0.405 e.